The van der Waals surface area contributed by atoms with Gasteiger partial charge in [-0.1, -0.05) is 30.8 Å². The number of hydrogen-bond donors (Lipinski definition) is 1. The van der Waals surface area contributed by atoms with Crippen LogP contribution in [0.4, 0.5) is 0 Å². The number of rotatable bonds is 9. The lowest BCUT2D eigenvalue weighted by Crippen LogP contribution is -2.25. The number of hydrogen-bond acceptors (Lipinski definition) is 7. The summed E-state index contributed by atoms with van der Waals surface area (Å²) in [6.45, 7) is 7.63. The second-order valence-corrected chi connectivity index (χ2v) is 8.51. The van der Waals surface area contributed by atoms with Crippen molar-refractivity contribution < 1.29 is 28.5 Å². The van der Waals surface area contributed by atoms with E-state index in [1.165, 1.54) is 6.07 Å². The number of ether oxygens (including phenoxy) is 3. The van der Waals surface area contributed by atoms with Crippen LogP contribution in [0.15, 0.2) is 94.7 Å². The molecule has 0 aliphatic rings. The fourth-order valence-corrected chi connectivity index (χ4v) is 3.49. The second kappa shape index (κ2) is 10.4. The molecule has 0 aliphatic carbocycles. The summed E-state index contributed by atoms with van der Waals surface area (Å²) in [5, 5.41) is 10.5. The van der Waals surface area contributed by atoms with Crippen LogP contribution in [0.25, 0.3) is 21.9 Å². The van der Waals surface area contributed by atoms with Gasteiger partial charge in [0.1, 0.15) is 35.5 Å². The highest BCUT2D eigenvalue weighted by atomic mass is 16.5. The molecular formula is C29H26O7. The van der Waals surface area contributed by atoms with Gasteiger partial charge in [-0.05, 0) is 68.5 Å². The van der Waals surface area contributed by atoms with Gasteiger partial charge in [-0.25, -0.2) is 4.79 Å². The molecule has 7 heteroatoms. The molecule has 0 amide bonds. The van der Waals surface area contributed by atoms with Crippen molar-refractivity contribution in [1.29, 1.82) is 0 Å². The van der Waals surface area contributed by atoms with Crippen LogP contribution in [0.5, 0.6) is 17.2 Å². The third kappa shape index (κ3) is 5.25. The number of aromatic hydroxyl groups is 1. The van der Waals surface area contributed by atoms with Crippen molar-refractivity contribution in [2.45, 2.75) is 19.4 Å². The molecule has 36 heavy (non-hydrogen) atoms. The highest BCUT2D eigenvalue weighted by Crippen LogP contribution is 2.39. The topological polar surface area (TPSA) is 95.2 Å². The highest BCUT2D eigenvalue weighted by Gasteiger charge is 2.22. The van der Waals surface area contributed by atoms with Crippen LogP contribution in [0.1, 0.15) is 24.2 Å². The first-order chi connectivity index (χ1) is 17.3. The fraction of sp³-hybridized carbons (Fsp3) is 0.172. The van der Waals surface area contributed by atoms with Crippen LogP contribution >= 0.6 is 0 Å². The van der Waals surface area contributed by atoms with Gasteiger partial charge >= 0.3 is 5.97 Å². The Balaban J connectivity index is 1.60. The molecule has 3 aromatic carbocycles. The first kappa shape index (κ1) is 24.6. The van der Waals surface area contributed by atoms with Crippen LogP contribution in [0.3, 0.4) is 0 Å². The van der Waals surface area contributed by atoms with Gasteiger partial charge in [0.25, 0.3) is 0 Å². The van der Waals surface area contributed by atoms with Gasteiger partial charge in [0.2, 0.25) is 11.2 Å². The van der Waals surface area contributed by atoms with Crippen molar-refractivity contribution in [2.75, 3.05) is 13.2 Å². The molecule has 0 radical (unpaired) electrons. The van der Waals surface area contributed by atoms with Crippen LogP contribution in [-0.2, 0) is 4.74 Å². The summed E-state index contributed by atoms with van der Waals surface area (Å²) < 4.78 is 23.3. The zero-order valence-corrected chi connectivity index (χ0v) is 20.0. The first-order valence-corrected chi connectivity index (χ1v) is 11.3. The summed E-state index contributed by atoms with van der Waals surface area (Å²) in [5.74, 6) is 0.0100. The molecule has 0 unspecified atom stereocenters. The lowest BCUT2D eigenvalue weighted by Gasteiger charge is -2.24. The largest absolute Gasteiger partial charge is 0.507 e. The van der Waals surface area contributed by atoms with Crippen LogP contribution in [-0.4, -0.2) is 29.9 Å². The summed E-state index contributed by atoms with van der Waals surface area (Å²) in [4.78, 5) is 25.2. The van der Waals surface area contributed by atoms with Crippen LogP contribution < -0.4 is 14.9 Å². The third-order valence-electron chi connectivity index (χ3n) is 5.44. The van der Waals surface area contributed by atoms with E-state index in [1.54, 1.807) is 66.8 Å². The Kier molecular flexibility index (Phi) is 7.10. The molecule has 4 rings (SSSR count). The predicted octanol–water partition coefficient (Wildman–Crippen LogP) is 5.79. The Labute approximate surface area is 207 Å². The van der Waals surface area contributed by atoms with Gasteiger partial charge in [-0.3, -0.25) is 4.79 Å². The summed E-state index contributed by atoms with van der Waals surface area (Å²) in [5.41, 5.74) is -0.215. The van der Waals surface area contributed by atoms with E-state index < -0.39 is 11.6 Å². The normalized spacial score (nSPS) is 11.6. The molecule has 0 aliphatic heterocycles. The molecule has 0 bridgehead atoms. The molecule has 0 saturated heterocycles. The van der Waals surface area contributed by atoms with Crippen molar-refractivity contribution in [3.63, 3.8) is 0 Å². The van der Waals surface area contributed by atoms with E-state index in [9.17, 15) is 14.7 Å². The maximum Gasteiger partial charge on any atom is 0.338 e. The maximum absolute atomic E-state index is 13.1. The smallest absolute Gasteiger partial charge is 0.338 e. The van der Waals surface area contributed by atoms with E-state index in [4.69, 9.17) is 18.6 Å². The number of fused-ring (bicyclic) bond motifs is 2. The van der Waals surface area contributed by atoms with E-state index in [2.05, 4.69) is 6.58 Å². The Morgan fingerprint density at radius 2 is 1.78 bits per heavy atom. The van der Waals surface area contributed by atoms with E-state index in [0.29, 0.717) is 11.3 Å². The van der Waals surface area contributed by atoms with Crippen molar-refractivity contribution in [3.8, 4) is 17.2 Å². The molecule has 0 fully saturated rings. The quantitative estimate of drug-likeness (QED) is 0.182. The standard InChI is InChI=1S/C29H26O7/c1-4-29(2,3)36-23-16-15-20-25(31)24-21(30)13-10-14-22(24)35-26(20)27(23)33-17-8-9-18-34-28(32)19-11-6-5-7-12-19/h4-16,30H,1,17-18H2,2-3H3/b9-8+. The van der Waals surface area contributed by atoms with Crippen molar-refractivity contribution in [2.24, 2.45) is 0 Å². The van der Waals surface area contributed by atoms with Crippen LogP contribution in [0, 0.1) is 0 Å². The van der Waals surface area contributed by atoms with Gasteiger partial charge < -0.3 is 23.7 Å². The molecule has 184 valence electrons. The molecule has 1 heterocycles. The van der Waals surface area contributed by atoms with Crippen molar-refractivity contribution >= 4 is 27.9 Å². The van der Waals surface area contributed by atoms with Gasteiger partial charge in [-0.15, -0.1) is 0 Å². The van der Waals surface area contributed by atoms with Gasteiger partial charge in [0.15, 0.2) is 11.3 Å². The van der Waals surface area contributed by atoms with Gasteiger partial charge in [0, 0.05) is 0 Å². The summed E-state index contributed by atoms with van der Waals surface area (Å²) in [6.07, 6.45) is 4.99. The summed E-state index contributed by atoms with van der Waals surface area (Å²) >= 11 is 0. The summed E-state index contributed by atoms with van der Waals surface area (Å²) in [6, 6.07) is 16.5. The summed E-state index contributed by atoms with van der Waals surface area (Å²) in [7, 11) is 0. The van der Waals surface area contributed by atoms with E-state index >= 15 is 0 Å². The lowest BCUT2D eigenvalue weighted by molar-refractivity contribution is 0.0549. The van der Waals surface area contributed by atoms with E-state index in [-0.39, 0.29) is 52.1 Å². The average Bonchev–Trinajstić information content (AvgIpc) is 2.87. The minimum absolute atomic E-state index is 0.0679. The highest BCUT2D eigenvalue weighted by molar-refractivity contribution is 5.96. The average molecular weight is 487 g/mol. The number of carbonyl (C=O) groups is 1. The zero-order chi connectivity index (χ0) is 25.7. The molecule has 7 nitrogen and oxygen atoms in total. The minimum atomic E-state index is -0.720. The lowest BCUT2D eigenvalue weighted by atomic mass is 10.1. The van der Waals surface area contributed by atoms with Crippen molar-refractivity contribution in [3.05, 3.63) is 101 Å². The number of carbonyl (C=O) groups excluding carboxylic acids is 1. The fourth-order valence-electron chi connectivity index (χ4n) is 3.49. The minimum Gasteiger partial charge on any atom is -0.507 e. The molecule has 0 saturated carbocycles. The van der Waals surface area contributed by atoms with Gasteiger partial charge in [-0.2, -0.15) is 0 Å². The Morgan fingerprint density at radius 1 is 1.03 bits per heavy atom. The third-order valence-corrected chi connectivity index (χ3v) is 5.44. The number of benzene rings is 3. The number of phenols is 1. The molecule has 0 atom stereocenters. The molecular weight excluding hydrogens is 460 g/mol. The van der Waals surface area contributed by atoms with Crippen LogP contribution in [0.2, 0.25) is 0 Å². The van der Waals surface area contributed by atoms with E-state index in [0.717, 1.165) is 0 Å². The number of esters is 1. The first-order valence-electron chi connectivity index (χ1n) is 11.3. The predicted molar refractivity (Wildman–Crippen MR) is 138 cm³/mol. The zero-order valence-electron chi connectivity index (χ0n) is 20.0. The maximum atomic E-state index is 13.1. The molecule has 0 spiro atoms. The monoisotopic (exact) mass is 486 g/mol. The molecule has 1 N–H and O–H groups in total. The SMILES string of the molecule is C=CC(C)(C)Oc1ccc2c(=O)c3c(O)cccc3oc2c1OC/C=C/COC(=O)c1ccccc1. The Morgan fingerprint density at radius 3 is 2.53 bits per heavy atom. The van der Waals surface area contributed by atoms with E-state index in [1.807, 2.05) is 19.9 Å². The second-order valence-electron chi connectivity index (χ2n) is 8.51. The Hall–Kier alpha value is -4.52. The Bertz CT molecular complexity index is 1500. The molecule has 1 aromatic heterocycles. The van der Waals surface area contributed by atoms with Crippen molar-refractivity contribution in [1.82, 2.24) is 0 Å². The molecule has 4 aromatic rings. The van der Waals surface area contributed by atoms with Gasteiger partial charge in [0.05, 0.1) is 10.9 Å². The number of phenolic OH excluding ortho intramolecular Hbond substituents is 1.